The minimum absolute atomic E-state index is 0.478. The molecular weight excluding hydrogens is 178 g/mol. The summed E-state index contributed by atoms with van der Waals surface area (Å²) in [6.45, 7) is 4.59. The fourth-order valence-corrected chi connectivity index (χ4v) is 3.41. The fourth-order valence-electron chi connectivity index (χ4n) is 1.79. The van der Waals surface area contributed by atoms with Crippen molar-refractivity contribution in [2.24, 2.45) is 11.7 Å². The maximum atomic E-state index is 6.08. The largest absolute Gasteiger partial charge is 0.327 e. The van der Waals surface area contributed by atoms with E-state index >= 15 is 0 Å². The summed E-state index contributed by atoms with van der Waals surface area (Å²) in [6, 6.07) is 0.478. The molecule has 2 N–H and O–H groups in total. The molecule has 0 spiro atoms. The van der Waals surface area contributed by atoms with Gasteiger partial charge in [0.05, 0.1) is 0 Å². The lowest BCUT2D eigenvalue weighted by molar-refractivity contribution is 0.453. The topological polar surface area (TPSA) is 26.0 Å². The van der Waals surface area contributed by atoms with Crippen LogP contribution in [0.3, 0.4) is 0 Å². The maximum absolute atomic E-state index is 6.08. The summed E-state index contributed by atoms with van der Waals surface area (Å²) in [6.07, 6.45) is 6.69. The third-order valence-corrected chi connectivity index (χ3v) is 4.27. The summed E-state index contributed by atoms with van der Waals surface area (Å²) in [7, 11) is 0. The summed E-state index contributed by atoms with van der Waals surface area (Å²) < 4.78 is 0. The summed E-state index contributed by atoms with van der Waals surface area (Å²) in [5, 5.41) is 0.757. The van der Waals surface area contributed by atoms with Gasteiger partial charge in [0.15, 0.2) is 0 Å². The molecule has 0 aliphatic heterocycles. The normalized spacial score (nSPS) is 29.5. The van der Waals surface area contributed by atoms with Crippen LogP contribution in [0.1, 0.15) is 46.0 Å². The van der Waals surface area contributed by atoms with Gasteiger partial charge in [0, 0.05) is 11.3 Å². The van der Waals surface area contributed by atoms with Crippen LogP contribution in [0.15, 0.2) is 0 Å². The van der Waals surface area contributed by atoms with E-state index < -0.39 is 0 Å². The Morgan fingerprint density at radius 3 is 2.62 bits per heavy atom. The number of nitrogens with two attached hydrogens (primary N) is 1. The second-order valence-corrected chi connectivity index (χ2v) is 5.89. The molecule has 1 saturated carbocycles. The molecule has 0 saturated heterocycles. The van der Waals surface area contributed by atoms with E-state index in [9.17, 15) is 0 Å². The number of rotatable bonds is 4. The second-order valence-electron chi connectivity index (χ2n) is 4.54. The van der Waals surface area contributed by atoms with Gasteiger partial charge in [0.1, 0.15) is 0 Å². The van der Waals surface area contributed by atoms with E-state index in [0.29, 0.717) is 6.04 Å². The molecule has 0 heterocycles. The zero-order valence-electron chi connectivity index (χ0n) is 8.96. The number of hydrogen-bond donors (Lipinski definition) is 1. The predicted octanol–water partition coefficient (Wildman–Crippen LogP) is 3.04. The van der Waals surface area contributed by atoms with Crippen molar-refractivity contribution in [1.29, 1.82) is 0 Å². The Bertz CT molecular complexity index is 136. The van der Waals surface area contributed by atoms with Crippen molar-refractivity contribution in [2.75, 3.05) is 5.75 Å². The maximum Gasteiger partial charge on any atom is 0.0199 e. The Labute approximate surface area is 86.8 Å². The Balaban J connectivity index is 2.11. The highest BCUT2D eigenvalue weighted by Gasteiger charge is 2.21. The molecule has 78 valence electrons. The van der Waals surface area contributed by atoms with E-state index in [0.717, 1.165) is 11.2 Å². The van der Waals surface area contributed by atoms with Gasteiger partial charge in [-0.15, -0.1) is 0 Å². The minimum Gasteiger partial charge on any atom is -0.327 e. The highest BCUT2D eigenvalue weighted by atomic mass is 32.2. The van der Waals surface area contributed by atoms with Crippen LogP contribution in [0.25, 0.3) is 0 Å². The molecule has 2 unspecified atom stereocenters. The van der Waals surface area contributed by atoms with Crippen LogP contribution in [0, 0.1) is 5.92 Å². The van der Waals surface area contributed by atoms with Crippen LogP contribution in [0.5, 0.6) is 0 Å². The van der Waals surface area contributed by atoms with Crippen molar-refractivity contribution < 1.29 is 0 Å². The van der Waals surface area contributed by atoms with Gasteiger partial charge in [-0.05, 0) is 30.9 Å². The first-order valence-electron chi connectivity index (χ1n) is 5.57. The lowest BCUT2D eigenvalue weighted by Crippen LogP contribution is -2.35. The van der Waals surface area contributed by atoms with Crippen LogP contribution in [-0.4, -0.2) is 17.0 Å². The van der Waals surface area contributed by atoms with E-state index in [1.807, 2.05) is 0 Å². The van der Waals surface area contributed by atoms with E-state index in [1.165, 1.54) is 37.9 Å². The van der Waals surface area contributed by atoms with Crippen molar-refractivity contribution in [2.45, 2.75) is 57.2 Å². The second kappa shape index (κ2) is 5.92. The lowest BCUT2D eigenvalue weighted by Gasteiger charge is -2.28. The monoisotopic (exact) mass is 201 g/mol. The lowest BCUT2D eigenvalue weighted by atomic mass is 9.96. The quantitative estimate of drug-likeness (QED) is 0.756. The molecule has 2 atom stereocenters. The van der Waals surface area contributed by atoms with Gasteiger partial charge in [0.25, 0.3) is 0 Å². The summed E-state index contributed by atoms with van der Waals surface area (Å²) in [5.41, 5.74) is 6.08. The molecule has 13 heavy (non-hydrogen) atoms. The molecule has 1 aliphatic rings. The Morgan fingerprint density at radius 2 is 2.00 bits per heavy atom. The first-order valence-corrected chi connectivity index (χ1v) is 6.62. The van der Waals surface area contributed by atoms with Gasteiger partial charge in [-0.25, -0.2) is 0 Å². The molecule has 0 bridgehead atoms. The molecule has 0 aromatic heterocycles. The van der Waals surface area contributed by atoms with Gasteiger partial charge in [0.2, 0.25) is 0 Å². The molecule has 0 radical (unpaired) electrons. The molecule has 1 fully saturated rings. The predicted molar refractivity (Wildman–Crippen MR) is 62.1 cm³/mol. The third-order valence-electron chi connectivity index (χ3n) is 2.78. The zero-order valence-corrected chi connectivity index (χ0v) is 9.78. The smallest absolute Gasteiger partial charge is 0.0199 e. The average molecular weight is 201 g/mol. The highest BCUT2D eigenvalue weighted by molar-refractivity contribution is 7.99. The Hall–Kier alpha value is 0.310. The van der Waals surface area contributed by atoms with Crippen molar-refractivity contribution in [3.63, 3.8) is 0 Å². The van der Waals surface area contributed by atoms with Crippen molar-refractivity contribution in [3.8, 4) is 0 Å². The first-order chi connectivity index (χ1) is 6.20. The van der Waals surface area contributed by atoms with Crippen LogP contribution in [0.4, 0.5) is 0 Å². The average Bonchev–Trinajstić information content (AvgIpc) is 2.08. The first kappa shape index (κ1) is 11.4. The fraction of sp³-hybridized carbons (Fsp3) is 1.00. The zero-order chi connectivity index (χ0) is 9.68. The molecular formula is C11H23NS. The van der Waals surface area contributed by atoms with Crippen LogP contribution in [0.2, 0.25) is 0 Å². The number of hydrogen-bond acceptors (Lipinski definition) is 2. The molecule has 0 amide bonds. The van der Waals surface area contributed by atoms with Gasteiger partial charge in [-0.3, -0.25) is 0 Å². The van der Waals surface area contributed by atoms with E-state index in [4.69, 9.17) is 5.73 Å². The third kappa shape index (κ3) is 4.37. The molecule has 0 aromatic carbocycles. The van der Waals surface area contributed by atoms with Gasteiger partial charge >= 0.3 is 0 Å². The Morgan fingerprint density at radius 1 is 1.31 bits per heavy atom. The molecule has 1 nitrogen and oxygen atoms in total. The number of thioether (sulfide) groups is 1. The highest BCUT2D eigenvalue weighted by Crippen LogP contribution is 2.28. The van der Waals surface area contributed by atoms with Crippen molar-refractivity contribution >= 4 is 11.8 Å². The van der Waals surface area contributed by atoms with E-state index in [1.54, 1.807) is 0 Å². The van der Waals surface area contributed by atoms with Crippen LogP contribution in [-0.2, 0) is 0 Å². The molecule has 0 aromatic rings. The molecule has 1 rings (SSSR count). The minimum atomic E-state index is 0.478. The molecule has 1 aliphatic carbocycles. The summed E-state index contributed by atoms with van der Waals surface area (Å²) in [4.78, 5) is 0. The van der Waals surface area contributed by atoms with Crippen LogP contribution >= 0.6 is 11.8 Å². The van der Waals surface area contributed by atoms with Gasteiger partial charge in [-0.2, -0.15) is 11.8 Å². The summed E-state index contributed by atoms with van der Waals surface area (Å²) in [5.74, 6) is 2.14. The Kier molecular flexibility index (Phi) is 5.18. The van der Waals surface area contributed by atoms with E-state index in [2.05, 4.69) is 25.6 Å². The van der Waals surface area contributed by atoms with Gasteiger partial charge in [-0.1, -0.05) is 26.7 Å². The van der Waals surface area contributed by atoms with Crippen LogP contribution < -0.4 is 5.73 Å². The standard InChI is InChI=1S/C11H23NS/c1-9(2)7-8-13-11-6-4-3-5-10(11)12/h9-11H,3-8,12H2,1-2H3. The van der Waals surface area contributed by atoms with E-state index in [-0.39, 0.29) is 0 Å². The van der Waals surface area contributed by atoms with Gasteiger partial charge < -0.3 is 5.73 Å². The SMILES string of the molecule is CC(C)CCSC1CCCCC1N. The van der Waals surface area contributed by atoms with Crippen molar-refractivity contribution in [3.05, 3.63) is 0 Å². The summed E-state index contributed by atoms with van der Waals surface area (Å²) >= 11 is 2.11. The van der Waals surface area contributed by atoms with Crippen molar-refractivity contribution in [1.82, 2.24) is 0 Å². The molecule has 2 heteroatoms.